The quantitative estimate of drug-likeness (QED) is 0.300. The van der Waals surface area contributed by atoms with E-state index < -0.39 is 61.9 Å². The molecule has 10 heteroatoms. The maximum absolute atomic E-state index is 9.99. The van der Waals surface area contributed by atoms with Crippen LogP contribution in [0.2, 0.25) is 0 Å². The summed E-state index contributed by atoms with van der Waals surface area (Å²) >= 11 is 0. The molecule has 9 atom stereocenters. The van der Waals surface area contributed by atoms with Crippen LogP contribution in [0.3, 0.4) is 0 Å². The van der Waals surface area contributed by atoms with Gasteiger partial charge in [0.1, 0.15) is 42.7 Å². The average molecular weight is 326 g/mol. The second kappa shape index (κ2) is 7.45. The molecule has 2 rings (SSSR count). The molecular formula is C12H22O10. The Morgan fingerprint density at radius 3 is 2.27 bits per heavy atom. The molecule has 0 bridgehead atoms. The molecule has 0 saturated carbocycles. The Kier molecular flexibility index (Phi) is 6.07. The van der Waals surface area contributed by atoms with E-state index in [1.807, 2.05) is 0 Å². The van der Waals surface area contributed by atoms with Crippen molar-refractivity contribution in [1.82, 2.24) is 0 Å². The summed E-state index contributed by atoms with van der Waals surface area (Å²) in [7, 11) is 1.28. The lowest BCUT2D eigenvalue weighted by Crippen LogP contribution is -2.63. The van der Waals surface area contributed by atoms with Gasteiger partial charge in [-0.2, -0.15) is 0 Å². The first-order valence-electron chi connectivity index (χ1n) is 6.87. The van der Waals surface area contributed by atoms with Gasteiger partial charge in [0, 0.05) is 7.11 Å². The largest absolute Gasteiger partial charge is 0.394 e. The molecular weight excluding hydrogens is 304 g/mol. The number of hydrogen-bond donors (Lipinski definition) is 6. The van der Waals surface area contributed by atoms with Crippen LogP contribution in [0.25, 0.3) is 0 Å². The van der Waals surface area contributed by atoms with Crippen molar-refractivity contribution in [2.75, 3.05) is 20.3 Å². The predicted octanol–water partition coefficient (Wildman–Crippen LogP) is -4.10. The molecule has 2 fully saturated rings. The third-order valence-electron chi connectivity index (χ3n) is 3.83. The molecule has 0 radical (unpaired) electrons. The van der Waals surface area contributed by atoms with Crippen molar-refractivity contribution in [2.24, 2.45) is 0 Å². The summed E-state index contributed by atoms with van der Waals surface area (Å²) in [6, 6.07) is 0. The lowest BCUT2D eigenvalue weighted by Gasteiger charge is -2.44. The monoisotopic (exact) mass is 326 g/mol. The SMILES string of the molecule is CO[C@H]1[C@@H](O)[C@H](O)[C@@H](O[C@H]2[C@H](O)[C@H](O)CO[C@H]2O)O[C@@H]1CO. The highest BCUT2D eigenvalue weighted by molar-refractivity contribution is 4.92. The van der Waals surface area contributed by atoms with E-state index in [-0.39, 0.29) is 6.61 Å². The minimum Gasteiger partial charge on any atom is -0.394 e. The topological polar surface area (TPSA) is 158 Å². The van der Waals surface area contributed by atoms with Crippen LogP contribution in [0.15, 0.2) is 0 Å². The molecule has 2 saturated heterocycles. The number of aliphatic hydroxyl groups excluding tert-OH is 6. The fraction of sp³-hybridized carbons (Fsp3) is 1.00. The highest BCUT2D eigenvalue weighted by Gasteiger charge is 2.48. The number of ether oxygens (including phenoxy) is 4. The molecule has 130 valence electrons. The van der Waals surface area contributed by atoms with E-state index in [9.17, 15) is 30.6 Å². The van der Waals surface area contributed by atoms with E-state index in [1.54, 1.807) is 0 Å². The minimum absolute atomic E-state index is 0.274. The zero-order valence-electron chi connectivity index (χ0n) is 11.9. The fourth-order valence-corrected chi connectivity index (χ4v) is 2.54. The van der Waals surface area contributed by atoms with Crippen LogP contribution in [-0.2, 0) is 18.9 Å². The number of hydrogen-bond acceptors (Lipinski definition) is 10. The standard InChI is InChI=1S/C12H22O10/c1-19-9-5(2-13)21-12(8(17)7(9)16)22-10-6(15)4(14)3-20-11(10)18/h4-18H,2-3H2,1H3/t4-,5-,6-,7+,8+,9-,10+,11-,12-/m1/s1. The first kappa shape index (κ1) is 17.9. The molecule has 6 N–H and O–H groups in total. The van der Waals surface area contributed by atoms with Crippen LogP contribution in [0.5, 0.6) is 0 Å². The maximum atomic E-state index is 9.99. The van der Waals surface area contributed by atoms with Gasteiger partial charge in [0.2, 0.25) is 0 Å². The van der Waals surface area contributed by atoms with E-state index in [2.05, 4.69) is 0 Å². The third kappa shape index (κ3) is 3.41. The van der Waals surface area contributed by atoms with Crippen LogP contribution >= 0.6 is 0 Å². The highest BCUT2D eigenvalue weighted by atomic mass is 16.7. The van der Waals surface area contributed by atoms with Gasteiger partial charge in [-0.1, -0.05) is 0 Å². The lowest BCUT2D eigenvalue weighted by molar-refractivity contribution is -0.353. The van der Waals surface area contributed by atoms with E-state index in [4.69, 9.17) is 18.9 Å². The van der Waals surface area contributed by atoms with Gasteiger partial charge in [-0.25, -0.2) is 0 Å². The van der Waals surface area contributed by atoms with E-state index >= 15 is 0 Å². The van der Waals surface area contributed by atoms with Gasteiger partial charge >= 0.3 is 0 Å². The van der Waals surface area contributed by atoms with Gasteiger partial charge < -0.3 is 49.6 Å². The Labute approximate surface area is 126 Å². The summed E-state index contributed by atoms with van der Waals surface area (Å²) in [5.74, 6) is 0. The first-order valence-corrected chi connectivity index (χ1v) is 6.87. The Hall–Kier alpha value is -0.400. The van der Waals surface area contributed by atoms with Crippen LogP contribution in [0, 0.1) is 0 Å². The zero-order valence-corrected chi connectivity index (χ0v) is 11.9. The number of methoxy groups -OCH3 is 1. The van der Waals surface area contributed by atoms with Crippen molar-refractivity contribution in [1.29, 1.82) is 0 Å². The predicted molar refractivity (Wildman–Crippen MR) is 67.4 cm³/mol. The van der Waals surface area contributed by atoms with Gasteiger partial charge in [-0.05, 0) is 0 Å². The third-order valence-corrected chi connectivity index (χ3v) is 3.83. The normalized spacial score (nSPS) is 50.0. The van der Waals surface area contributed by atoms with Crippen molar-refractivity contribution in [3.05, 3.63) is 0 Å². The molecule has 2 heterocycles. The summed E-state index contributed by atoms with van der Waals surface area (Å²) in [6.07, 6.45) is -12.0. The van der Waals surface area contributed by atoms with Crippen molar-refractivity contribution in [3.8, 4) is 0 Å². The van der Waals surface area contributed by atoms with Crippen LogP contribution in [-0.4, -0.2) is 106 Å². The second-order valence-electron chi connectivity index (χ2n) is 5.29. The summed E-state index contributed by atoms with van der Waals surface area (Å²) < 4.78 is 20.3. The van der Waals surface area contributed by atoms with Crippen LogP contribution < -0.4 is 0 Å². The molecule has 22 heavy (non-hydrogen) atoms. The van der Waals surface area contributed by atoms with Crippen molar-refractivity contribution in [2.45, 2.75) is 55.3 Å². The number of rotatable bonds is 4. The second-order valence-corrected chi connectivity index (χ2v) is 5.29. The molecule has 0 aromatic heterocycles. The van der Waals surface area contributed by atoms with Gasteiger partial charge in [0.05, 0.1) is 13.2 Å². The molecule has 0 unspecified atom stereocenters. The summed E-state index contributed by atoms with van der Waals surface area (Å²) in [6.45, 7) is -0.777. The summed E-state index contributed by atoms with van der Waals surface area (Å²) in [5.41, 5.74) is 0. The van der Waals surface area contributed by atoms with E-state index in [0.717, 1.165) is 0 Å². The maximum Gasteiger partial charge on any atom is 0.187 e. The molecule has 2 aliphatic heterocycles. The molecule has 0 aromatic rings. The number of aliphatic hydroxyl groups is 6. The molecule has 10 nitrogen and oxygen atoms in total. The Morgan fingerprint density at radius 1 is 1.00 bits per heavy atom. The van der Waals surface area contributed by atoms with Gasteiger partial charge in [-0.3, -0.25) is 0 Å². The van der Waals surface area contributed by atoms with Crippen molar-refractivity contribution in [3.63, 3.8) is 0 Å². The van der Waals surface area contributed by atoms with Crippen LogP contribution in [0.1, 0.15) is 0 Å². The minimum atomic E-state index is -1.55. The molecule has 0 aromatic carbocycles. The van der Waals surface area contributed by atoms with E-state index in [0.29, 0.717) is 0 Å². The van der Waals surface area contributed by atoms with Crippen molar-refractivity contribution < 1.29 is 49.6 Å². The fourth-order valence-electron chi connectivity index (χ4n) is 2.54. The van der Waals surface area contributed by atoms with E-state index in [1.165, 1.54) is 7.11 Å². The summed E-state index contributed by atoms with van der Waals surface area (Å²) in [4.78, 5) is 0. The molecule has 0 aliphatic carbocycles. The lowest BCUT2D eigenvalue weighted by atomic mass is 9.98. The van der Waals surface area contributed by atoms with Gasteiger partial charge in [0.15, 0.2) is 12.6 Å². The average Bonchev–Trinajstić information content (AvgIpc) is 2.51. The Bertz CT molecular complexity index is 353. The van der Waals surface area contributed by atoms with Gasteiger partial charge in [-0.15, -0.1) is 0 Å². The molecule has 0 amide bonds. The zero-order chi connectivity index (χ0) is 16.4. The molecule has 2 aliphatic rings. The highest BCUT2D eigenvalue weighted by Crippen LogP contribution is 2.27. The Balaban J connectivity index is 2.07. The summed E-state index contributed by atoms with van der Waals surface area (Å²) in [5, 5.41) is 58.2. The Morgan fingerprint density at radius 2 is 1.68 bits per heavy atom. The van der Waals surface area contributed by atoms with Crippen LogP contribution in [0.4, 0.5) is 0 Å². The smallest absolute Gasteiger partial charge is 0.187 e. The first-order chi connectivity index (χ1) is 10.4. The molecule has 0 spiro atoms. The van der Waals surface area contributed by atoms with Crippen molar-refractivity contribution >= 4 is 0 Å². The van der Waals surface area contributed by atoms with Gasteiger partial charge in [0.25, 0.3) is 0 Å².